The number of anilines is 1. The highest BCUT2D eigenvalue weighted by atomic mass is 32.2. The molecule has 0 atom stereocenters. The summed E-state index contributed by atoms with van der Waals surface area (Å²) in [5.41, 5.74) is -0.0862. The molecule has 0 aliphatic heterocycles. The number of benzene rings is 2. The zero-order valence-corrected chi connectivity index (χ0v) is 14.4. The molecule has 0 unspecified atom stereocenters. The number of hydrogen-bond donors (Lipinski definition) is 3. The summed E-state index contributed by atoms with van der Waals surface area (Å²) in [6.45, 7) is 2.48. The molecule has 0 radical (unpaired) electrons. The summed E-state index contributed by atoms with van der Waals surface area (Å²) >= 11 is 0. The number of carboxylic acids is 1. The molecule has 7 nitrogen and oxygen atoms in total. The smallest absolute Gasteiger partial charge is 0.335 e. The minimum atomic E-state index is -4.69. The Morgan fingerprint density at radius 1 is 1.20 bits per heavy atom. The molecule has 0 heterocycles. The molecule has 0 aliphatic carbocycles. The number of rotatable bonds is 8. The molecule has 0 saturated carbocycles. The van der Waals surface area contributed by atoms with E-state index in [-0.39, 0.29) is 17.0 Å². The van der Waals surface area contributed by atoms with Crippen LogP contribution in [0.15, 0.2) is 47.4 Å². The van der Waals surface area contributed by atoms with Crippen molar-refractivity contribution < 1.29 is 27.6 Å². The molecular weight excluding hydrogens is 346 g/mol. The maximum absolute atomic E-state index is 11.8. The van der Waals surface area contributed by atoms with Crippen LogP contribution < -0.4 is 10.1 Å². The van der Waals surface area contributed by atoms with Crippen LogP contribution in [0, 0.1) is 0 Å². The third-order valence-electron chi connectivity index (χ3n) is 3.39. The average Bonchev–Trinajstić information content (AvgIpc) is 2.56. The molecule has 2 rings (SSSR count). The van der Waals surface area contributed by atoms with E-state index in [4.69, 9.17) is 4.74 Å². The lowest BCUT2D eigenvalue weighted by atomic mass is 10.1. The predicted octanol–water partition coefficient (Wildman–Crippen LogP) is 3.64. The van der Waals surface area contributed by atoms with E-state index in [1.165, 1.54) is 6.07 Å². The molecule has 0 amide bonds. The lowest BCUT2D eigenvalue weighted by Crippen LogP contribution is -2.10. The fourth-order valence-corrected chi connectivity index (χ4v) is 2.82. The van der Waals surface area contributed by atoms with Crippen LogP contribution in [0.25, 0.3) is 0 Å². The Morgan fingerprint density at radius 2 is 1.88 bits per heavy atom. The van der Waals surface area contributed by atoms with E-state index in [0.29, 0.717) is 12.3 Å². The first-order chi connectivity index (χ1) is 11.8. The number of para-hydroxylation sites is 1. The van der Waals surface area contributed by atoms with Crippen molar-refractivity contribution in [3.05, 3.63) is 48.0 Å². The van der Waals surface area contributed by atoms with E-state index < -0.39 is 21.0 Å². The van der Waals surface area contributed by atoms with Gasteiger partial charge < -0.3 is 15.2 Å². The average molecular weight is 365 g/mol. The summed E-state index contributed by atoms with van der Waals surface area (Å²) < 4.78 is 38.7. The summed E-state index contributed by atoms with van der Waals surface area (Å²) in [7, 11) is -4.69. The topological polar surface area (TPSA) is 113 Å². The maximum atomic E-state index is 11.8. The van der Waals surface area contributed by atoms with Crippen molar-refractivity contribution in [3.63, 3.8) is 0 Å². The Kier molecular flexibility index (Phi) is 6.00. The Bertz CT molecular complexity index is 849. The minimum Gasteiger partial charge on any atom is -0.478 e. The summed E-state index contributed by atoms with van der Waals surface area (Å²) in [6.07, 6.45) is 1.69. The molecular formula is C17H19NO6S. The van der Waals surface area contributed by atoms with Crippen molar-refractivity contribution in [2.45, 2.75) is 24.7 Å². The standard InChI is InChI=1S/C17H19NO6S/c1-2-3-9-18-14-10-12(17(19)20)11-15(25(21,22)23)16(14)24-13-7-5-4-6-8-13/h4-8,10-11,18H,2-3,9H2,1H3,(H,19,20)(H,21,22,23). The van der Waals surface area contributed by atoms with E-state index in [1.54, 1.807) is 30.3 Å². The van der Waals surface area contributed by atoms with Crippen LogP contribution in [0.4, 0.5) is 5.69 Å². The van der Waals surface area contributed by atoms with Gasteiger partial charge in [-0.05, 0) is 30.7 Å². The molecule has 0 aliphatic rings. The highest BCUT2D eigenvalue weighted by Crippen LogP contribution is 2.37. The quantitative estimate of drug-likeness (QED) is 0.483. The fourth-order valence-electron chi connectivity index (χ4n) is 2.16. The van der Waals surface area contributed by atoms with Gasteiger partial charge in [-0.2, -0.15) is 8.42 Å². The predicted molar refractivity (Wildman–Crippen MR) is 93.1 cm³/mol. The van der Waals surface area contributed by atoms with Crippen molar-refractivity contribution in [2.75, 3.05) is 11.9 Å². The van der Waals surface area contributed by atoms with Crippen molar-refractivity contribution in [1.29, 1.82) is 0 Å². The van der Waals surface area contributed by atoms with Gasteiger partial charge in [0.05, 0.1) is 11.3 Å². The zero-order valence-electron chi connectivity index (χ0n) is 13.6. The lowest BCUT2D eigenvalue weighted by Gasteiger charge is -2.16. The van der Waals surface area contributed by atoms with Crippen LogP contribution in [0.1, 0.15) is 30.1 Å². The zero-order chi connectivity index (χ0) is 18.4. The molecule has 2 aromatic carbocycles. The molecule has 0 spiro atoms. The molecule has 25 heavy (non-hydrogen) atoms. The second-order valence-electron chi connectivity index (χ2n) is 5.33. The Labute approximate surface area is 146 Å². The third kappa shape index (κ3) is 4.94. The molecule has 134 valence electrons. The van der Waals surface area contributed by atoms with E-state index >= 15 is 0 Å². The number of ether oxygens (including phenoxy) is 1. The van der Waals surface area contributed by atoms with Crippen LogP contribution in [-0.4, -0.2) is 30.6 Å². The van der Waals surface area contributed by atoms with Crippen LogP contribution in [-0.2, 0) is 10.1 Å². The van der Waals surface area contributed by atoms with Gasteiger partial charge in [0, 0.05) is 6.54 Å². The van der Waals surface area contributed by atoms with Crippen LogP contribution >= 0.6 is 0 Å². The van der Waals surface area contributed by atoms with Gasteiger partial charge >= 0.3 is 5.97 Å². The first-order valence-electron chi connectivity index (χ1n) is 7.68. The number of aromatic carboxylic acids is 1. The van der Waals surface area contributed by atoms with E-state index in [9.17, 15) is 22.9 Å². The second kappa shape index (κ2) is 8.00. The van der Waals surface area contributed by atoms with Gasteiger partial charge in [-0.25, -0.2) is 4.79 Å². The van der Waals surface area contributed by atoms with Crippen molar-refractivity contribution in [2.24, 2.45) is 0 Å². The van der Waals surface area contributed by atoms with Crippen LogP contribution in [0.2, 0.25) is 0 Å². The van der Waals surface area contributed by atoms with E-state index in [2.05, 4.69) is 5.32 Å². The maximum Gasteiger partial charge on any atom is 0.335 e. The number of carboxylic acid groups (broad SMARTS) is 1. The number of nitrogens with one attached hydrogen (secondary N) is 1. The highest BCUT2D eigenvalue weighted by Gasteiger charge is 2.24. The second-order valence-corrected chi connectivity index (χ2v) is 6.72. The minimum absolute atomic E-state index is 0.144. The molecule has 8 heteroatoms. The molecule has 0 aromatic heterocycles. The van der Waals surface area contributed by atoms with Gasteiger partial charge in [0.1, 0.15) is 10.6 Å². The van der Waals surface area contributed by atoms with Gasteiger partial charge in [-0.1, -0.05) is 31.5 Å². The van der Waals surface area contributed by atoms with Gasteiger partial charge in [0.2, 0.25) is 0 Å². The number of unbranched alkanes of at least 4 members (excludes halogenated alkanes) is 1. The van der Waals surface area contributed by atoms with E-state index in [1.807, 2.05) is 6.92 Å². The van der Waals surface area contributed by atoms with E-state index in [0.717, 1.165) is 18.9 Å². The summed E-state index contributed by atoms with van der Waals surface area (Å²) in [6, 6.07) is 10.6. The Morgan fingerprint density at radius 3 is 2.44 bits per heavy atom. The Hall–Kier alpha value is -2.58. The number of carbonyl (C=O) groups is 1. The SMILES string of the molecule is CCCCNc1cc(C(=O)O)cc(S(=O)(=O)O)c1Oc1ccccc1. The fraction of sp³-hybridized carbons (Fsp3) is 0.235. The van der Waals surface area contributed by atoms with Crippen LogP contribution in [0.3, 0.4) is 0 Å². The molecule has 0 fully saturated rings. The van der Waals surface area contributed by atoms with Crippen molar-refractivity contribution in [1.82, 2.24) is 0 Å². The lowest BCUT2D eigenvalue weighted by molar-refractivity contribution is 0.0696. The normalized spacial score (nSPS) is 11.1. The molecule has 2 aromatic rings. The van der Waals surface area contributed by atoms with Gasteiger partial charge in [-0.15, -0.1) is 0 Å². The van der Waals surface area contributed by atoms with Gasteiger partial charge in [0.15, 0.2) is 5.75 Å². The first kappa shape index (κ1) is 18.8. The molecule has 0 bridgehead atoms. The summed E-state index contributed by atoms with van der Waals surface area (Å²) in [5, 5.41) is 12.2. The van der Waals surface area contributed by atoms with Crippen molar-refractivity contribution >= 4 is 21.8 Å². The van der Waals surface area contributed by atoms with Crippen LogP contribution in [0.5, 0.6) is 11.5 Å². The third-order valence-corrected chi connectivity index (χ3v) is 4.25. The molecule has 3 N–H and O–H groups in total. The summed E-state index contributed by atoms with van der Waals surface area (Å²) in [5.74, 6) is -1.10. The van der Waals surface area contributed by atoms with Gasteiger partial charge in [0.25, 0.3) is 10.1 Å². The Balaban J connectivity index is 2.59. The first-order valence-corrected chi connectivity index (χ1v) is 9.12. The summed E-state index contributed by atoms with van der Waals surface area (Å²) in [4.78, 5) is 10.7. The largest absolute Gasteiger partial charge is 0.478 e. The molecule has 0 saturated heterocycles. The van der Waals surface area contributed by atoms with Gasteiger partial charge in [-0.3, -0.25) is 4.55 Å². The number of hydrogen-bond acceptors (Lipinski definition) is 5. The van der Waals surface area contributed by atoms with Crippen molar-refractivity contribution in [3.8, 4) is 11.5 Å². The monoisotopic (exact) mass is 365 g/mol. The highest BCUT2D eigenvalue weighted by molar-refractivity contribution is 7.86.